The first-order valence-electron chi connectivity index (χ1n) is 9.78. The third kappa shape index (κ3) is 5.14. The van der Waals surface area contributed by atoms with Gasteiger partial charge in [-0.25, -0.2) is 4.40 Å². The van der Waals surface area contributed by atoms with Gasteiger partial charge in [-0.1, -0.05) is 11.8 Å². The fourth-order valence-corrected chi connectivity index (χ4v) is 3.45. The van der Waals surface area contributed by atoms with Crippen LogP contribution in [-0.2, 0) is 4.79 Å². The second kappa shape index (κ2) is 10.1. The van der Waals surface area contributed by atoms with E-state index in [1.165, 1.54) is 13.0 Å². The number of Topliss-reactive ketones (excluding diaryl/α,β-unsaturated/α-hetero) is 1. The lowest BCUT2D eigenvalue weighted by Gasteiger charge is -2.11. The van der Waals surface area contributed by atoms with E-state index in [4.69, 9.17) is 4.42 Å². The molecule has 3 aromatic rings. The molecule has 3 heterocycles. The van der Waals surface area contributed by atoms with Crippen molar-refractivity contribution in [3.63, 3.8) is 0 Å². The number of hydrogen-bond acceptors (Lipinski definition) is 12. The third-order valence-corrected chi connectivity index (χ3v) is 4.92. The van der Waals surface area contributed by atoms with Crippen LogP contribution in [0.25, 0.3) is 5.78 Å². The SMILES string of the molecule is CCNc1nc(NCC)n2c(SCC(=O)NNc3oc(C)cc(=O)c3C(C)=O)nnc2n1. The summed E-state index contributed by atoms with van der Waals surface area (Å²) in [4.78, 5) is 44.8. The molecule has 0 aromatic carbocycles. The first-order valence-corrected chi connectivity index (χ1v) is 10.8. The van der Waals surface area contributed by atoms with Crippen LogP contribution in [0, 0.1) is 6.92 Å². The highest BCUT2D eigenvalue weighted by atomic mass is 32.2. The largest absolute Gasteiger partial charge is 0.443 e. The molecule has 170 valence electrons. The summed E-state index contributed by atoms with van der Waals surface area (Å²) in [5, 5.41) is 14.7. The Labute approximate surface area is 186 Å². The van der Waals surface area contributed by atoms with E-state index < -0.39 is 17.1 Å². The molecule has 4 N–H and O–H groups in total. The Morgan fingerprint density at radius 3 is 2.59 bits per heavy atom. The smallest absolute Gasteiger partial charge is 0.261 e. The van der Waals surface area contributed by atoms with E-state index in [-0.39, 0.29) is 17.2 Å². The lowest BCUT2D eigenvalue weighted by atomic mass is 10.2. The van der Waals surface area contributed by atoms with E-state index in [1.54, 1.807) is 11.3 Å². The molecular formula is C18H23N9O4S. The van der Waals surface area contributed by atoms with Crippen LogP contribution in [0.3, 0.4) is 0 Å². The van der Waals surface area contributed by atoms with Crippen molar-refractivity contribution in [3.8, 4) is 0 Å². The van der Waals surface area contributed by atoms with Gasteiger partial charge in [-0.2, -0.15) is 9.97 Å². The molecule has 0 aliphatic rings. The van der Waals surface area contributed by atoms with Gasteiger partial charge in [0.05, 0.1) is 5.75 Å². The van der Waals surface area contributed by atoms with Crippen molar-refractivity contribution in [2.45, 2.75) is 32.9 Å². The van der Waals surface area contributed by atoms with Crippen molar-refractivity contribution in [2.75, 3.05) is 34.9 Å². The summed E-state index contributed by atoms with van der Waals surface area (Å²) in [6.07, 6.45) is 0. The van der Waals surface area contributed by atoms with Gasteiger partial charge in [-0.15, -0.1) is 10.2 Å². The Hall–Kier alpha value is -3.68. The van der Waals surface area contributed by atoms with E-state index in [2.05, 4.69) is 41.7 Å². The fraction of sp³-hybridized carbons (Fsp3) is 0.389. The summed E-state index contributed by atoms with van der Waals surface area (Å²) < 4.78 is 6.99. The van der Waals surface area contributed by atoms with Crippen molar-refractivity contribution in [1.29, 1.82) is 0 Å². The number of nitrogens with one attached hydrogen (secondary N) is 4. The standard InChI is InChI=1S/C18H23N9O4S/c1-5-19-15-21-16(20-6-2)27-17(22-15)25-26-18(27)32-8-12(30)23-24-14-13(10(4)28)11(29)7-9(3)31-14/h7,24H,5-6,8H2,1-4H3,(H,23,30)(H2,19,20,21,22,25). The number of ketones is 1. The number of amides is 1. The van der Waals surface area contributed by atoms with Gasteiger partial charge in [0.1, 0.15) is 11.3 Å². The Morgan fingerprint density at radius 2 is 1.91 bits per heavy atom. The van der Waals surface area contributed by atoms with Crippen LogP contribution >= 0.6 is 11.8 Å². The van der Waals surface area contributed by atoms with E-state index in [0.29, 0.717) is 41.7 Å². The zero-order chi connectivity index (χ0) is 23.3. The lowest BCUT2D eigenvalue weighted by molar-refractivity contribution is -0.118. The summed E-state index contributed by atoms with van der Waals surface area (Å²) in [7, 11) is 0. The maximum Gasteiger partial charge on any atom is 0.261 e. The summed E-state index contributed by atoms with van der Waals surface area (Å²) in [6.45, 7) is 7.93. The van der Waals surface area contributed by atoms with Gasteiger partial charge in [-0.3, -0.25) is 25.2 Å². The van der Waals surface area contributed by atoms with Crippen LogP contribution in [0.15, 0.2) is 20.4 Å². The lowest BCUT2D eigenvalue weighted by Crippen LogP contribution is -2.32. The molecule has 3 aromatic heterocycles. The topological polar surface area (TPSA) is 168 Å². The highest BCUT2D eigenvalue weighted by Gasteiger charge is 2.18. The molecule has 0 spiro atoms. The number of fused-ring (bicyclic) bond motifs is 1. The van der Waals surface area contributed by atoms with E-state index in [1.807, 2.05) is 13.8 Å². The summed E-state index contributed by atoms with van der Waals surface area (Å²) in [6, 6.07) is 1.21. The monoisotopic (exact) mass is 461 g/mol. The Balaban J connectivity index is 1.72. The molecule has 0 unspecified atom stereocenters. The minimum atomic E-state index is -0.491. The molecule has 0 aliphatic heterocycles. The van der Waals surface area contributed by atoms with Crippen molar-refractivity contribution < 1.29 is 14.0 Å². The van der Waals surface area contributed by atoms with Crippen LogP contribution in [0.5, 0.6) is 0 Å². The number of hydrazine groups is 1. The molecule has 0 aliphatic carbocycles. The van der Waals surface area contributed by atoms with Gasteiger partial charge in [0, 0.05) is 19.2 Å². The number of carbonyl (C=O) groups excluding carboxylic acids is 2. The van der Waals surface area contributed by atoms with Gasteiger partial charge in [-0.05, 0) is 27.7 Å². The van der Waals surface area contributed by atoms with E-state index >= 15 is 0 Å². The molecule has 32 heavy (non-hydrogen) atoms. The van der Waals surface area contributed by atoms with Crippen molar-refractivity contribution in [3.05, 3.63) is 27.6 Å². The molecular weight excluding hydrogens is 438 g/mol. The average molecular weight is 462 g/mol. The van der Waals surface area contributed by atoms with Gasteiger partial charge in [0.2, 0.25) is 23.7 Å². The van der Waals surface area contributed by atoms with E-state index in [0.717, 1.165) is 11.8 Å². The highest BCUT2D eigenvalue weighted by molar-refractivity contribution is 7.99. The molecule has 3 rings (SSSR count). The minimum Gasteiger partial charge on any atom is -0.443 e. The summed E-state index contributed by atoms with van der Waals surface area (Å²) in [5.41, 5.74) is 4.26. The van der Waals surface area contributed by atoms with Crippen molar-refractivity contribution in [1.82, 2.24) is 30.0 Å². The first-order chi connectivity index (χ1) is 15.3. The zero-order valence-corrected chi connectivity index (χ0v) is 18.8. The minimum absolute atomic E-state index is 0.0419. The van der Waals surface area contributed by atoms with Crippen molar-refractivity contribution >= 4 is 47.0 Å². The Kier molecular flexibility index (Phi) is 7.25. The Morgan fingerprint density at radius 1 is 1.16 bits per heavy atom. The van der Waals surface area contributed by atoms with Gasteiger partial charge < -0.3 is 15.1 Å². The number of hydrogen-bond donors (Lipinski definition) is 4. The molecule has 13 nitrogen and oxygen atoms in total. The van der Waals surface area contributed by atoms with Crippen LogP contribution < -0.4 is 26.9 Å². The second-order valence-corrected chi connectivity index (χ2v) is 7.44. The third-order valence-electron chi connectivity index (χ3n) is 3.99. The zero-order valence-electron chi connectivity index (χ0n) is 18.0. The van der Waals surface area contributed by atoms with Gasteiger partial charge in [0.15, 0.2) is 16.4 Å². The molecule has 14 heteroatoms. The molecule has 1 amide bonds. The number of thioether (sulfide) groups is 1. The Bertz CT molecular complexity index is 1210. The fourth-order valence-electron chi connectivity index (χ4n) is 2.72. The van der Waals surface area contributed by atoms with Crippen LogP contribution in [-0.4, -0.2) is 55.1 Å². The van der Waals surface area contributed by atoms with Crippen LogP contribution in [0.2, 0.25) is 0 Å². The maximum atomic E-state index is 12.3. The summed E-state index contributed by atoms with van der Waals surface area (Å²) >= 11 is 1.11. The number of nitrogens with zero attached hydrogens (tertiary/aromatic N) is 5. The number of aryl methyl sites for hydroxylation is 1. The summed E-state index contributed by atoms with van der Waals surface area (Å²) in [5.74, 6) is 0.463. The first kappa shape index (κ1) is 23.0. The number of aromatic nitrogens is 5. The highest BCUT2D eigenvalue weighted by Crippen LogP contribution is 2.21. The number of carbonyl (C=O) groups is 2. The van der Waals surface area contributed by atoms with Crippen molar-refractivity contribution in [2.24, 2.45) is 0 Å². The van der Waals surface area contributed by atoms with Gasteiger partial charge >= 0.3 is 0 Å². The predicted molar refractivity (Wildman–Crippen MR) is 119 cm³/mol. The normalized spacial score (nSPS) is 10.8. The molecule has 0 radical (unpaired) electrons. The maximum absolute atomic E-state index is 12.3. The van der Waals surface area contributed by atoms with Crippen LogP contribution in [0.4, 0.5) is 17.8 Å². The molecule has 0 bridgehead atoms. The second-order valence-electron chi connectivity index (χ2n) is 6.49. The quantitative estimate of drug-likeness (QED) is 0.193. The molecule has 0 saturated heterocycles. The van der Waals surface area contributed by atoms with Gasteiger partial charge in [0.25, 0.3) is 5.78 Å². The predicted octanol–water partition coefficient (Wildman–Crippen LogP) is 1.08. The van der Waals surface area contributed by atoms with E-state index in [9.17, 15) is 14.4 Å². The van der Waals surface area contributed by atoms with Crippen LogP contribution in [0.1, 0.15) is 36.9 Å². The number of anilines is 3. The molecule has 0 fully saturated rings. The molecule has 0 saturated carbocycles. The molecule has 0 atom stereocenters. The number of rotatable bonds is 10. The average Bonchev–Trinajstić information content (AvgIpc) is 3.13.